The summed E-state index contributed by atoms with van der Waals surface area (Å²) in [7, 11) is 0. The van der Waals surface area contributed by atoms with Crippen LogP contribution in [0.15, 0.2) is 30.2 Å². The minimum absolute atomic E-state index is 0.104. The van der Waals surface area contributed by atoms with Gasteiger partial charge < -0.3 is 15.0 Å². The van der Waals surface area contributed by atoms with Crippen molar-refractivity contribution in [2.24, 2.45) is 0 Å². The molecule has 7 nitrogen and oxygen atoms in total. The van der Waals surface area contributed by atoms with Crippen molar-refractivity contribution in [3.63, 3.8) is 0 Å². The first-order valence-corrected chi connectivity index (χ1v) is 8.38. The Morgan fingerprint density at radius 3 is 3.17 bits per heavy atom. The number of ether oxygens (including phenoxy) is 1. The minimum Gasteiger partial charge on any atom is -0.501 e. The number of rotatable bonds is 3. The van der Waals surface area contributed by atoms with Gasteiger partial charge in [0.15, 0.2) is 5.65 Å². The van der Waals surface area contributed by atoms with E-state index in [-0.39, 0.29) is 11.9 Å². The number of fused-ring (bicyclic) bond motifs is 1. The van der Waals surface area contributed by atoms with Gasteiger partial charge in [-0.1, -0.05) is 0 Å². The molecule has 24 heavy (non-hydrogen) atoms. The third-order valence-corrected chi connectivity index (χ3v) is 4.48. The van der Waals surface area contributed by atoms with Crippen molar-refractivity contribution in [1.29, 1.82) is 0 Å². The summed E-state index contributed by atoms with van der Waals surface area (Å²) in [6.07, 6.45) is 6.18. The molecule has 7 heteroatoms. The van der Waals surface area contributed by atoms with Gasteiger partial charge in [-0.05, 0) is 38.3 Å². The van der Waals surface area contributed by atoms with Crippen LogP contribution in [-0.4, -0.2) is 51.1 Å². The molecule has 2 aliphatic rings. The second kappa shape index (κ2) is 6.14. The van der Waals surface area contributed by atoms with E-state index in [1.165, 1.54) is 0 Å². The molecule has 1 saturated heterocycles. The molecule has 1 unspecified atom stereocenters. The molecule has 1 fully saturated rings. The van der Waals surface area contributed by atoms with Gasteiger partial charge in [0.1, 0.15) is 5.82 Å². The lowest BCUT2D eigenvalue weighted by Crippen LogP contribution is -2.33. The van der Waals surface area contributed by atoms with Gasteiger partial charge >= 0.3 is 0 Å². The lowest BCUT2D eigenvalue weighted by Gasteiger charge is -2.20. The molecule has 4 heterocycles. The number of nitrogens with zero attached hydrogens (tertiary/aromatic N) is 4. The molecule has 0 radical (unpaired) electrons. The first-order chi connectivity index (χ1) is 11.7. The largest absolute Gasteiger partial charge is 0.501 e. The fourth-order valence-corrected chi connectivity index (χ4v) is 3.27. The predicted molar refractivity (Wildman–Crippen MR) is 89.6 cm³/mol. The summed E-state index contributed by atoms with van der Waals surface area (Å²) in [4.78, 5) is 18.8. The predicted octanol–water partition coefficient (Wildman–Crippen LogP) is 1.74. The second-order valence-corrected chi connectivity index (χ2v) is 6.40. The zero-order valence-electron chi connectivity index (χ0n) is 13.7. The molecule has 1 amide bonds. The molecule has 0 saturated carbocycles. The molecule has 0 bridgehead atoms. The average molecular weight is 327 g/mol. The maximum atomic E-state index is 12.5. The number of imidazole rings is 1. The Morgan fingerprint density at radius 1 is 1.42 bits per heavy atom. The van der Waals surface area contributed by atoms with Gasteiger partial charge in [-0.3, -0.25) is 4.79 Å². The molecule has 2 aliphatic heterocycles. The van der Waals surface area contributed by atoms with Crippen LogP contribution in [0.1, 0.15) is 25.0 Å². The Hall–Kier alpha value is -2.57. The number of hydrogen-bond donors (Lipinski definition) is 1. The third kappa shape index (κ3) is 2.93. The highest BCUT2D eigenvalue weighted by Gasteiger charge is 2.28. The van der Waals surface area contributed by atoms with E-state index in [9.17, 15) is 4.79 Å². The van der Waals surface area contributed by atoms with E-state index in [1.54, 1.807) is 10.8 Å². The standard InChI is InChI=1S/C17H21N5O2/c1-12-9-22-16(18-12)5-4-15(20-22)19-14-6-7-21(10-14)17(23)13-3-2-8-24-11-13/h4-5,9,11,14H,2-3,6-8,10H2,1H3,(H,19,20). The quantitative estimate of drug-likeness (QED) is 0.930. The number of aryl methyl sites for hydroxylation is 1. The van der Waals surface area contributed by atoms with Gasteiger partial charge in [-0.15, -0.1) is 5.10 Å². The topological polar surface area (TPSA) is 71.8 Å². The first kappa shape index (κ1) is 15.0. The number of carbonyl (C=O) groups excluding carboxylic acids is 1. The van der Waals surface area contributed by atoms with Crippen LogP contribution in [0.2, 0.25) is 0 Å². The van der Waals surface area contributed by atoms with E-state index in [2.05, 4.69) is 15.4 Å². The summed E-state index contributed by atoms with van der Waals surface area (Å²) < 4.78 is 7.06. The van der Waals surface area contributed by atoms with E-state index in [0.29, 0.717) is 13.2 Å². The van der Waals surface area contributed by atoms with Gasteiger partial charge in [0.2, 0.25) is 0 Å². The van der Waals surface area contributed by atoms with E-state index < -0.39 is 0 Å². The van der Waals surface area contributed by atoms with Crippen LogP contribution in [0.5, 0.6) is 0 Å². The summed E-state index contributed by atoms with van der Waals surface area (Å²) in [5, 5.41) is 7.95. The highest BCUT2D eigenvalue weighted by molar-refractivity contribution is 5.93. The van der Waals surface area contributed by atoms with Gasteiger partial charge in [0, 0.05) is 19.1 Å². The van der Waals surface area contributed by atoms with Gasteiger partial charge in [-0.2, -0.15) is 0 Å². The summed E-state index contributed by atoms with van der Waals surface area (Å²) in [5.74, 6) is 0.909. The molecule has 2 aromatic heterocycles. The number of likely N-dealkylation sites (tertiary alicyclic amines) is 1. The molecule has 1 atom stereocenters. The fraction of sp³-hybridized carbons (Fsp3) is 0.471. The number of carbonyl (C=O) groups is 1. The molecular formula is C17H21N5O2. The lowest BCUT2D eigenvalue weighted by molar-refractivity contribution is -0.126. The molecule has 1 N–H and O–H groups in total. The average Bonchev–Trinajstić information content (AvgIpc) is 3.20. The van der Waals surface area contributed by atoms with Crippen molar-refractivity contribution < 1.29 is 9.53 Å². The van der Waals surface area contributed by atoms with E-state index in [1.807, 2.05) is 30.2 Å². The Bertz CT molecular complexity index is 797. The van der Waals surface area contributed by atoms with Crippen LogP contribution in [0.3, 0.4) is 0 Å². The van der Waals surface area contributed by atoms with Crippen LogP contribution in [-0.2, 0) is 9.53 Å². The van der Waals surface area contributed by atoms with E-state index in [0.717, 1.165) is 48.5 Å². The molecule has 0 aromatic carbocycles. The van der Waals surface area contributed by atoms with Crippen LogP contribution < -0.4 is 5.32 Å². The summed E-state index contributed by atoms with van der Waals surface area (Å²) in [6, 6.07) is 4.10. The Labute approximate surface area is 140 Å². The maximum Gasteiger partial charge on any atom is 0.252 e. The van der Waals surface area contributed by atoms with Gasteiger partial charge in [0.05, 0.1) is 30.3 Å². The van der Waals surface area contributed by atoms with Crippen LogP contribution in [0.4, 0.5) is 5.82 Å². The normalized spacial score (nSPS) is 20.8. The van der Waals surface area contributed by atoms with Gasteiger partial charge in [-0.25, -0.2) is 9.50 Å². The van der Waals surface area contributed by atoms with Crippen LogP contribution in [0.25, 0.3) is 5.65 Å². The SMILES string of the molecule is Cc1cn2nc(NC3CCN(C(=O)C4=COCCC4)C3)ccc2n1. The molecular weight excluding hydrogens is 306 g/mol. The highest BCUT2D eigenvalue weighted by atomic mass is 16.5. The summed E-state index contributed by atoms with van der Waals surface area (Å²) >= 11 is 0. The van der Waals surface area contributed by atoms with E-state index in [4.69, 9.17) is 4.74 Å². The molecule has 4 rings (SSSR count). The Balaban J connectivity index is 1.40. The maximum absolute atomic E-state index is 12.5. The Kier molecular flexibility index (Phi) is 3.84. The molecule has 2 aromatic rings. The Morgan fingerprint density at radius 2 is 2.33 bits per heavy atom. The highest BCUT2D eigenvalue weighted by Crippen LogP contribution is 2.20. The molecule has 0 aliphatic carbocycles. The van der Waals surface area contributed by atoms with Crippen LogP contribution >= 0.6 is 0 Å². The number of nitrogens with one attached hydrogen (secondary N) is 1. The number of aromatic nitrogens is 3. The van der Waals surface area contributed by atoms with Crippen molar-refractivity contribution in [3.8, 4) is 0 Å². The summed E-state index contributed by atoms with van der Waals surface area (Å²) in [5.41, 5.74) is 2.57. The second-order valence-electron chi connectivity index (χ2n) is 6.40. The van der Waals surface area contributed by atoms with Crippen molar-refractivity contribution in [2.75, 3.05) is 25.0 Å². The third-order valence-electron chi connectivity index (χ3n) is 4.48. The number of hydrogen-bond acceptors (Lipinski definition) is 5. The van der Waals surface area contributed by atoms with Crippen molar-refractivity contribution in [1.82, 2.24) is 19.5 Å². The van der Waals surface area contributed by atoms with E-state index >= 15 is 0 Å². The van der Waals surface area contributed by atoms with Crippen LogP contribution in [0, 0.1) is 6.92 Å². The minimum atomic E-state index is 0.104. The molecule has 126 valence electrons. The number of anilines is 1. The van der Waals surface area contributed by atoms with Crippen molar-refractivity contribution in [2.45, 2.75) is 32.2 Å². The zero-order valence-corrected chi connectivity index (χ0v) is 13.7. The van der Waals surface area contributed by atoms with Crippen molar-refractivity contribution >= 4 is 17.4 Å². The zero-order chi connectivity index (χ0) is 16.5. The lowest BCUT2D eigenvalue weighted by atomic mass is 10.1. The monoisotopic (exact) mass is 327 g/mol. The number of amides is 1. The fourth-order valence-electron chi connectivity index (χ4n) is 3.27. The van der Waals surface area contributed by atoms with Crippen molar-refractivity contribution in [3.05, 3.63) is 35.9 Å². The molecule has 0 spiro atoms. The summed E-state index contributed by atoms with van der Waals surface area (Å²) in [6.45, 7) is 4.12. The first-order valence-electron chi connectivity index (χ1n) is 8.38. The smallest absolute Gasteiger partial charge is 0.252 e. The van der Waals surface area contributed by atoms with Gasteiger partial charge in [0.25, 0.3) is 5.91 Å².